The summed E-state index contributed by atoms with van der Waals surface area (Å²) in [6.45, 7) is 2.22. The zero-order valence-corrected chi connectivity index (χ0v) is 18.1. The Morgan fingerprint density at radius 1 is 1.25 bits per heavy atom. The predicted molar refractivity (Wildman–Crippen MR) is 114 cm³/mol. The molecule has 0 aliphatic carbocycles. The molecule has 1 aromatic carbocycles. The molecule has 0 bridgehead atoms. The maximum Gasteiger partial charge on any atom is 0.416 e. The van der Waals surface area contributed by atoms with Crippen LogP contribution in [0.15, 0.2) is 45.9 Å². The number of fused-ring (bicyclic) bond motifs is 1. The smallest absolute Gasteiger partial charge is 0.416 e. The Balaban J connectivity index is 1.37. The summed E-state index contributed by atoms with van der Waals surface area (Å²) in [7, 11) is 0. The van der Waals surface area contributed by atoms with E-state index in [0.29, 0.717) is 11.4 Å². The van der Waals surface area contributed by atoms with Crippen LogP contribution in [0.1, 0.15) is 43.0 Å². The number of piperidine rings is 1. The number of hydrogen-bond donors (Lipinski definition) is 2. The van der Waals surface area contributed by atoms with Crippen LogP contribution in [0.5, 0.6) is 0 Å². The summed E-state index contributed by atoms with van der Waals surface area (Å²) in [5, 5.41) is 4.70. The van der Waals surface area contributed by atoms with Crippen molar-refractivity contribution in [3.63, 3.8) is 0 Å². The minimum atomic E-state index is -4.49. The van der Waals surface area contributed by atoms with Crippen molar-refractivity contribution in [2.24, 2.45) is 0 Å². The van der Waals surface area contributed by atoms with Gasteiger partial charge in [-0.3, -0.25) is 14.5 Å². The number of carbonyl (C=O) groups is 2. The van der Waals surface area contributed by atoms with E-state index in [1.165, 1.54) is 12.5 Å². The van der Waals surface area contributed by atoms with E-state index in [4.69, 9.17) is 4.42 Å². The van der Waals surface area contributed by atoms with E-state index in [0.717, 1.165) is 55.6 Å². The van der Waals surface area contributed by atoms with Gasteiger partial charge in [0.25, 0.3) is 0 Å². The number of likely N-dealkylation sites (tertiary alicyclic amines) is 1. The van der Waals surface area contributed by atoms with Gasteiger partial charge < -0.3 is 15.1 Å². The normalized spacial score (nSPS) is 20.3. The molecule has 2 aromatic rings. The lowest BCUT2D eigenvalue weighted by Gasteiger charge is -2.33. The lowest BCUT2D eigenvalue weighted by atomic mass is 10.1. The summed E-state index contributed by atoms with van der Waals surface area (Å²) >= 11 is 1.10. The van der Waals surface area contributed by atoms with E-state index in [1.54, 1.807) is 6.26 Å². The fraction of sp³-hybridized carbons (Fsp3) is 0.455. The van der Waals surface area contributed by atoms with Crippen molar-refractivity contribution in [2.75, 3.05) is 25.0 Å². The fourth-order valence-corrected chi connectivity index (χ4v) is 5.12. The molecule has 2 aliphatic heterocycles. The van der Waals surface area contributed by atoms with E-state index in [1.807, 2.05) is 12.1 Å². The SMILES string of the molecule is O=C(CC1Sc2ccc(C(F)(F)F)cc2NC1=O)NCC(c1ccco1)N1CCCCC1. The largest absolute Gasteiger partial charge is 0.468 e. The van der Waals surface area contributed by atoms with Gasteiger partial charge in [0, 0.05) is 17.9 Å². The van der Waals surface area contributed by atoms with E-state index in [-0.39, 0.29) is 24.1 Å². The molecule has 0 radical (unpaired) electrons. The molecule has 32 heavy (non-hydrogen) atoms. The number of nitrogens with zero attached hydrogens (tertiary/aromatic N) is 1. The second-order valence-corrected chi connectivity index (χ2v) is 9.19. The first kappa shape index (κ1) is 22.7. The number of benzene rings is 1. The summed E-state index contributed by atoms with van der Waals surface area (Å²) in [6, 6.07) is 6.86. The van der Waals surface area contributed by atoms with Crippen LogP contribution in [0.2, 0.25) is 0 Å². The second kappa shape index (κ2) is 9.58. The maximum atomic E-state index is 12.9. The highest BCUT2D eigenvalue weighted by Crippen LogP contribution is 2.40. The first-order valence-electron chi connectivity index (χ1n) is 10.5. The molecule has 2 unspecified atom stereocenters. The summed E-state index contributed by atoms with van der Waals surface area (Å²) < 4.78 is 44.3. The highest BCUT2D eigenvalue weighted by molar-refractivity contribution is 8.01. The van der Waals surface area contributed by atoms with Crippen LogP contribution in [-0.4, -0.2) is 41.6 Å². The Kier molecular flexibility index (Phi) is 6.80. The number of thioether (sulfide) groups is 1. The molecule has 6 nitrogen and oxygen atoms in total. The number of nitrogens with one attached hydrogen (secondary N) is 2. The van der Waals surface area contributed by atoms with Crippen LogP contribution in [-0.2, 0) is 15.8 Å². The third-order valence-electron chi connectivity index (χ3n) is 5.69. The fourth-order valence-electron chi connectivity index (χ4n) is 4.03. The molecule has 2 N–H and O–H groups in total. The van der Waals surface area contributed by atoms with Gasteiger partial charge in [-0.2, -0.15) is 13.2 Å². The lowest BCUT2D eigenvalue weighted by Crippen LogP contribution is -2.41. The monoisotopic (exact) mass is 467 g/mol. The van der Waals surface area contributed by atoms with E-state index in [9.17, 15) is 22.8 Å². The van der Waals surface area contributed by atoms with Crippen LogP contribution in [0.25, 0.3) is 0 Å². The Labute approximate surface area is 187 Å². The first-order chi connectivity index (χ1) is 15.3. The van der Waals surface area contributed by atoms with Crippen LogP contribution >= 0.6 is 11.8 Å². The number of anilines is 1. The van der Waals surface area contributed by atoms with E-state index >= 15 is 0 Å². The number of carbonyl (C=O) groups excluding carboxylic acids is 2. The van der Waals surface area contributed by atoms with Gasteiger partial charge in [-0.05, 0) is 56.3 Å². The third-order valence-corrected chi connectivity index (χ3v) is 6.97. The average Bonchev–Trinajstić information content (AvgIpc) is 3.29. The summed E-state index contributed by atoms with van der Waals surface area (Å²) in [5.74, 6) is 0.0172. The molecule has 1 fully saturated rings. The van der Waals surface area contributed by atoms with Crippen molar-refractivity contribution in [2.45, 2.75) is 48.0 Å². The van der Waals surface area contributed by atoms with Crippen molar-refractivity contribution >= 4 is 29.3 Å². The van der Waals surface area contributed by atoms with Gasteiger partial charge in [-0.15, -0.1) is 11.8 Å². The van der Waals surface area contributed by atoms with Crippen molar-refractivity contribution in [3.8, 4) is 0 Å². The van der Waals surface area contributed by atoms with Gasteiger partial charge in [0.2, 0.25) is 11.8 Å². The number of furan rings is 1. The Morgan fingerprint density at radius 2 is 2.03 bits per heavy atom. The quantitative estimate of drug-likeness (QED) is 0.657. The predicted octanol–water partition coefficient (Wildman–Crippen LogP) is 4.44. The number of alkyl halides is 3. The van der Waals surface area contributed by atoms with E-state index in [2.05, 4.69) is 15.5 Å². The molecule has 1 aromatic heterocycles. The number of halogens is 3. The molecule has 2 atom stereocenters. The highest BCUT2D eigenvalue weighted by Gasteiger charge is 2.34. The summed E-state index contributed by atoms with van der Waals surface area (Å²) in [6.07, 6.45) is 0.438. The van der Waals surface area contributed by atoms with Crippen molar-refractivity contribution in [1.82, 2.24) is 10.2 Å². The molecule has 4 rings (SSSR count). The number of hydrogen-bond acceptors (Lipinski definition) is 5. The third kappa shape index (κ3) is 5.29. The van der Waals surface area contributed by atoms with Gasteiger partial charge >= 0.3 is 6.18 Å². The maximum absolute atomic E-state index is 12.9. The molecule has 3 heterocycles. The molecule has 2 aliphatic rings. The summed E-state index contributed by atoms with van der Waals surface area (Å²) in [5.41, 5.74) is -0.704. The van der Waals surface area contributed by atoms with Gasteiger partial charge in [-0.25, -0.2) is 0 Å². The Bertz CT molecular complexity index is 959. The molecule has 1 saturated heterocycles. The second-order valence-electron chi connectivity index (χ2n) is 7.94. The Morgan fingerprint density at radius 3 is 2.72 bits per heavy atom. The molecule has 2 amide bonds. The zero-order valence-electron chi connectivity index (χ0n) is 17.3. The average molecular weight is 468 g/mol. The topological polar surface area (TPSA) is 74.6 Å². The summed E-state index contributed by atoms with van der Waals surface area (Å²) in [4.78, 5) is 27.8. The lowest BCUT2D eigenvalue weighted by molar-refractivity contribution is -0.137. The first-order valence-corrected chi connectivity index (χ1v) is 11.4. The highest BCUT2D eigenvalue weighted by atomic mass is 32.2. The molecular formula is C22H24F3N3O3S. The van der Waals surface area contributed by atoms with Gasteiger partial charge in [-0.1, -0.05) is 6.42 Å². The van der Waals surface area contributed by atoms with E-state index < -0.39 is 22.9 Å². The van der Waals surface area contributed by atoms with Crippen molar-refractivity contribution < 1.29 is 27.2 Å². The van der Waals surface area contributed by atoms with Gasteiger partial charge in [0.15, 0.2) is 0 Å². The number of rotatable bonds is 6. The molecular weight excluding hydrogens is 443 g/mol. The minimum absolute atomic E-state index is 0.0676. The van der Waals surface area contributed by atoms with Crippen LogP contribution in [0.3, 0.4) is 0 Å². The van der Waals surface area contributed by atoms with Crippen LogP contribution in [0.4, 0.5) is 18.9 Å². The minimum Gasteiger partial charge on any atom is -0.468 e. The zero-order chi connectivity index (χ0) is 22.7. The van der Waals surface area contributed by atoms with Gasteiger partial charge in [0.1, 0.15) is 5.76 Å². The van der Waals surface area contributed by atoms with Crippen molar-refractivity contribution in [1.29, 1.82) is 0 Å². The molecule has 172 valence electrons. The molecule has 0 spiro atoms. The van der Waals surface area contributed by atoms with Crippen LogP contribution in [0, 0.1) is 0 Å². The standard InChI is InChI=1S/C22H24F3N3O3S/c23-22(24,25)14-6-7-18-15(11-14)27-21(30)19(32-18)12-20(29)26-13-16(17-5-4-10-31-17)28-8-2-1-3-9-28/h4-7,10-11,16,19H,1-3,8-9,12-13H2,(H,26,29)(H,27,30). The molecule has 0 saturated carbocycles. The van der Waals surface area contributed by atoms with Crippen LogP contribution < -0.4 is 10.6 Å². The van der Waals surface area contributed by atoms with Crippen molar-refractivity contribution in [3.05, 3.63) is 47.9 Å². The Hall–Kier alpha value is -2.46. The number of amides is 2. The van der Waals surface area contributed by atoms with Gasteiger partial charge in [0.05, 0.1) is 28.8 Å². The molecule has 10 heteroatoms.